The van der Waals surface area contributed by atoms with Gasteiger partial charge in [0.2, 0.25) is 11.8 Å². The Labute approximate surface area is 208 Å². The third-order valence-electron chi connectivity index (χ3n) is 6.07. The quantitative estimate of drug-likeness (QED) is 0.392. The molecule has 0 saturated carbocycles. The van der Waals surface area contributed by atoms with Gasteiger partial charge in [-0.25, -0.2) is 9.07 Å². The number of aliphatic hydroxyl groups is 1. The first-order valence-corrected chi connectivity index (χ1v) is 11.8. The zero-order valence-corrected chi connectivity index (χ0v) is 20.3. The van der Waals surface area contributed by atoms with Gasteiger partial charge in [0.25, 0.3) is 0 Å². The Morgan fingerprint density at radius 3 is 2.78 bits per heavy atom. The number of nitrogens with zero attached hydrogens (tertiary/aromatic N) is 2. The third kappa shape index (κ3) is 5.31. The van der Waals surface area contributed by atoms with E-state index in [1.807, 2.05) is 19.9 Å². The summed E-state index contributed by atoms with van der Waals surface area (Å²) in [7, 11) is 0. The maximum absolute atomic E-state index is 15.7. The number of amides is 2. The van der Waals surface area contributed by atoms with Crippen LogP contribution in [0.3, 0.4) is 0 Å². The van der Waals surface area contributed by atoms with E-state index in [4.69, 9.17) is 4.74 Å². The number of aliphatic hydroxyl groups excluding tert-OH is 1. The van der Waals surface area contributed by atoms with Gasteiger partial charge in [-0.05, 0) is 42.7 Å². The predicted octanol–water partition coefficient (Wildman–Crippen LogP) is 3.98. The van der Waals surface area contributed by atoms with Crippen LogP contribution in [0.2, 0.25) is 0 Å². The van der Waals surface area contributed by atoms with Crippen molar-refractivity contribution in [2.24, 2.45) is 5.92 Å². The molecule has 1 aliphatic heterocycles. The lowest BCUT2D eigenvalue weighted by atomic mass is 10.1. The molecule has 2 atom stereocenters. The van der Waals surface area contributed by atoms with Gasteiger partial charge < -0.3 is 20.5 Å². The molecule has 0 aliphatic carbocycles. The van der Waals surface area contributed by atoms with Crippen LogP contribution in [0, 0.1) is 11.7 Å². The first kappa shape index (κ1) is 25.1. The van der Waals surface area contributed by atoms with E-state index in [0.717, 1.165) is 5.57 Å². The highest BCUT2D eigenvalue weighted by atomic mass is 19.1. The molecule has 0 bridgehead atoms. The highest BCUT2D eigenvalue weighted by Crippen LogP contribution is 2.32. The van der Waals surface area contributed by atoms with E-state index in [1.54, 1.807) is 42.5 Å². The van der Waals surface area contributed by atoms with Gasteiger partial charge in [0.1, 0.15) is 11.8 Å². The normalized spacial score (nSPS) is 15.9. The molecule has 1 aromatic heterocycles. The molecule has 36 heavy (non-hydrogen) atoms. The minimum atomic E-state index is -0.608. The SMILES string of the molecule is C=C(C)C(CC)Oc1cccc(-n2nc(NC(=O)[C@@H]3CNC(=O)C3)cc2-c2cccc(CO)c2)c1F. The molecule has 1 saturated heterocycles. The fourth-order valence-electron chi connectivity index (χ4n) is 4.12. The molecule has 3 N–H and O–H groups in total. The maximum atomic E-state index is 15.7. The monoisotopic (exact) mass is 492 g/mol. The molecule has 0 spiro atoms. The van der Waals surface area contributed by atoms with Crippen LogP contribution in [0.25, 0.3) is 16.9 Å². The van der Waals surface area contributed by atoms with Crippen LogP contribution in [0.4, 0.5) is 10.2 Å². The summed E-state index contributed by atoms with van der Waals surface area (Å²) in [5, 5.41) is 19.5. The summed E-state index contributed by atoms with van der Waals surface area (Å²) in [6.45, 7) is 7.78. The molecule has 2 aromatic carbocycles. The van der Waals surface area contributed by atoms with Gasteiger partial charge in [0.15, 0.2) is 17.4 Å². The van der Waals surface area contributed by atoms with Gasteiger partial charge in [-0.15, -0.1) is 5.10 Å². The molecule has 0 radical (unpaired) electrons. The topological polar surface area (TPSA) is 105 Å². The van der Waals surface area contributed by atoms with Crippen LogP contribution >= 0.6 is 0 Å². The fourth-order valence-corrected chi connectivity index (χ4v) is 4.12. The van der Waals surface area contributed by atoms with Gasteiger partial charge in [-0.3, -0.25) is 9.59 Å². The predicted molar refractivity (Wildman–Crippen MR) is 134 cm³/mol. The Kier molecular flexibility index (Phi) is 7.49. The minimum absolute atomic E-state index is 0.0639. The second kappa shape index (κ2) is 10.7. The summed E-state index contributed by atoms with van der Waals surface area (Å²) < 4.78 is 23.0. The van der Waals surface area contributed by atoms with E-state index in [2.05, 4.69) is 22.3 Å². The van der Waals surface area contributed by atoms with Crippen LogP contribution in [-0.2, 0) is 16.2 Å². The lowest BCUT2D eigenvalue weighted by Crippen LogP contribution is -2.24. The molecular weight excluding hydrogens is 463 g/mol. The number of rotatable bonds is 9. The molecule has 9 heteroatoms. The Morgan fingerprint density at radius 1 is 1.33 bits per heavy atom. The molecule has 8 nitrogen and oxygen atoms in total. The van der Waals surface area contributed by atoms with Crippen molar-refractivity contribution in [2.75, 3.05) is 11.9 Å². The van der Waals surface area contributed by atoms with Crippen molar-refractivity contribution >= 4 is 17.6 Å². The number of nitrogens with one attached hydrogen (secondary N) is 2. The number of benzene rings is 2. The molecular formula is C27H29FN4O4. The summed E-state index contributed by atoms with van der Waals surface area (Å²) in [6, 6.07) is 13.6. The maximum Gasteiger partial charge on any atom is 0.230 e. The third-order valence-corrected chi connectivity index (χ3v) is 6.07. The van der Waals surface area contributed by atoms with Crippen molar-refractivity contribution < 1.29 is 23.8 Å². The van der Waals surface area contributed by atoms with Crippen LogP contribution in [-0.4, -0.2) is 39.4 Å². The number of ether oxygens (including phenoxy) is 1. The number of carbonyl (C=O) groups excluding carboxylic acids is 2. The highest BCUT2D eigenvalue weighted by Gasteiger charge is 2.29. The molecule has 2 heterocycles. The van der Waals surface area contributed by atoms with E-state index in [9.17, 15) is 14.7 Å². The largest absolute Gasteiger partial charge is 0.483 e. The molecule has 188 valence electrons. The van der Waals surface area contributed by atoms with Crippen molar-refractivity contribution in [2.45, 2.75) is 39.4 Å². The summed E-state index contributed by atoms with van der Waals surface area (Å²) >= 11 is 0. The van der Waals surface area contributed by atoms with Crippen molar-refractivity contribution in [1.82, 2.24) is 15.1 Å². The van der Waals surface area contributed by atoms with E-state index < -0.39 is 11.7 Å². The minimum Gasteiger partial charge on any atom is -0.483 e. The number of hydrogen-bond acceptors (Lipinski definition) is 5. The first-order chi connectivity index (χ1) is 17.3. The van der Waals surface area contributed by atoms with E-state index in [1.165, 1.54) is 4.68 Å². The zero-order chi connectivity index (χ0) is 25.8. The number of hydrogen-bond donors (Lipinski definition) is 3. The molecule has 1 aliphatic rings. The van der Waals surface area contributed by atoms with Gasteiger partial charge in [-0.1, -0.05) is 37.8 Å². The van der Waals surface area contributed by atoms with Crippen molar-refractivity contribution in [3.8, 4) is 22.7 Å². The Hall–Kier alpha value is -3.98. The van der Waals surface area contributed by atoms with Crippen LogP contribution in [0.1, 0.15) is 32.3 Å². The van der Waals surface area contributed by atoms with Gasteiger partial charge in [0, 0.05) is 24.6 Å². The first-order valence-electron chi connectivity index (χ1n) is 11.8. The zero-order valence-electron chi connectivity index (χ0n) is 20.3. The molecule has 1 fully saturated rings. The highest BCUT2D eigenvalue weighted by molar-refractivity contribution is 5.97. The lowest BCUT2D eigenvalue weighted by molar-refractivity contribution is -0.123. The average Bonchev–Trinajstić information content (AvgIpc) is 3.49. The van der Waals surface area contributed by atoms with Crippen molar-refractivity contribution in [3.05, 3.63) is 72.1 Å². The van der Waals surface area contributed by atoms with Crippen LogP contribution in [0.15, 0.2) is 60.7 Å². The van der Waals surface area contributed by atoms with E-state index >= 15 is 4.39 Å². The van der Waals surface area contributed by atoms with Crippen molar-refractivity contribution in [1.29, 1.82) is 0 Å². The fraction of sp³-hybridized carbons (Fsp3) is 0.296. The van der Waals surface area contributed by atoms with Crippen LogP contribution < -0.4 is 15.4 Å². The second-order valence-electron chi connectivity index (χ2n) is 8.83. The van der Waals surface area contributed by atoms with Gasteiger partial charge in [-0.2, -0.15) is 0 Å². The standard InChI is InChI=1S/C27H29FN4O4/c1-4-22(16(2)3)36-23-10-6-9-20(26(23)28)32-21(18-8-5-7-17(11-18)15-33)13-24(31-32)30-27(35)19-12-25(34)29-14-19/h5-11,13,19,22,33H,2,4,12,14-15H2,1,3H3,(H,29,34)(H,30,31,35)/t19-,22?/m0/s1. The van der Waals surface area contributed by atoms with Gasteiger partial charge >= 0.3 is 0 Å². The summed E-state index contributed by atoms with van der Waals surface area (Å²) in [6.07, 6.45) is 0.396. The van der Waals surface area contributed by atoms with Gasteiger partial charge in [0.05, 0.1) is 18.2 Å². The van der Waals surface area contributed by atoms with Crippen LogP contribution in [0.5, 0.6) is 5.75 Å². The summed E-state index contributed by atoms with van der Waals surface area (Å²) in [5.41, 5.74) is 2.77. The molecule has 3 aromatic rings. The lowest BCUT2D eigenvalue weighted by Gasteiger charge is -2.19. The Morgan fingerprint density at radius 2 is 2.11 bits per heavy atom. The smallest absolute Gasteiger partial charge is 0.230 e. The molecule has 4 rings (SSSR count). The van der Waals surface area contributed by atoms with E-state index in [0.29, 0.717) is 23.2 Å². The molecule has 2 amide bonds. The Balaban J connectivity index is 1.76. The van der Waals surface area contributed by atoms with E-state index in [-0.39, 0.29) is 54.7 Å². The number of halogens is 1. The number of aromatic nitrogens is 2. The second-order valence-corrected chi connectivity index (χ2v) is 8.83. The summed E-state index contributed by atoms with van der Waals surface area (Å²) in [4.78, 5) is 24.2. The summed E-state index contributed by atoms with van der Waals surface area (Å²) in [5.74, 6) is -1.37. The number of carbonyl (C=O) groups is 2. The number of anilines is 1. The van der Waals surface area contributed by atoms with Crippen molar-refractivity contribution in [3.63, 3.8) is 0 Å². The molecule has 1 unspecified atom stereocenters. The Bertz CT molecular complexity index is 1300. The average molecular weight is 493 g/mol.